The van der Waals surface area contributed by atoms with Gasteiger partial charge >= 0.3 is 0 Å². The number of hydrogen-bond donors (Lipinski definition) is 2. The smallest absolute Gasteiger partial charge is 0.131 e. The highest BCUT2D eigenvalue weighted by molar-refractivity contribution is 5.70. The first-order valence-electron chi connectivity index (χ1n) is 13.0. The Morgan fingerprint density at radius 2 is 1.84 bits per heavy atom. The predicted molar refractivity (Wildman–Crippen MR) is 150 cm³/mol. The van der Waals surface area contributed by atoms with Gasteiger partial charge in [0.15, 0.2) is 0 Å². The molecule has 0 unspecified atom stereocenters. The maximum absolute atomic E-state index is 14.9. The second-order valence-corrected chi connectivity index (χ2v) is 10.8. The monoisotopic (exact) mass is 516 g/mol. The Hall–Kier alpha value is -3.57. The van der Waals surface area contributed by atoms with E-state index in [4.69, 9.17) is 9.47 Å². The minimum atomic E-state index is -0.922. The normalized spacial score (nSPS) is 16.4. The van der Waals surface area contributed by atoms with E-state index < -0.39 is 17.3 Å². The molecule has 0 saturated carbocycles. The Labute approximate surface area is 225 Å². The number of fused-ring (bicyclic) bond motifs is 1. The van der Waals surface area contributed by atoms with Crippen LogP contribution in [0.1, 0.15) is 61.5 Å². The number of benzene rings is 3. The first kappa shape index (κ1) is 27.5. The Morgan fingerprint density at radius 3 is 2.53 bits per heavy atom. The molecule has 0 amide bonds. The molecule has 1 aliphatic carbocycles. The van der Waals surface area contributed by atoms with E-state index in [-0.39, 0.29) is 24.2 Å². The van der Waals surface area contributed by atoms with Crippen LogP contribution in [0.5, 0.6) is 11.5 Å². The van der Waals surface area contributed by atoms with E-state index in [2.05, 4.69) is 25.3 Å². The lowest BCUT2D eigenvalue weighted by Gasteiger charge is -2.29. The number of methoxy groups -OCH3 is 1. The minimum Gasteiger partial charge on any atom is -0.513 e. The number of hydrogen-bond acceptors (Lipinski definition) is 4. The van der Waals surface area contributed by atoms with Crippen LogP contribution < -0.4 is 9.47 Å². The van der Waals surface area contributed by atoms with Crippen molar-refractivity contribution in [1.29, 1.82) is 0 Å². The van der Waals surface area contributed by atoms with Crippen LogP contribution in [-0.4, -0.2) is 17.3 Å². The average Bonchev–Trinajstić information content (AvgIpc) is 3.34. The van der Waals surface area contributed by atoms with Crippen molar-refractivity contribution in [2.45, 2.75) is 52.2 Å². The third-order valence-corrected chi connectivity index (χ3v) is 7.88. The number of ether oxygens (including phenoxy) is 2. The molecular weight excluding hydrogens is 479 g/mol. The molecule has 0 spiro atoms. The fourth-order valence-corrected chi connectivity index (χ4v) is 5.14. The molecular formula is C33H37FO4. The molecule has 0 aliphatic heterocycles. The van der Waals surface area contributed by atoms with E-state index >= 15 is 0 Å². The first-order valence-corrected chi connectivity index (χ1v) is 13.0. The summed E-state index contributed by atoms with van der Waals surface area (Å²) in [6.45, 7) is 13.7. The fraction of sp³-hybridized carbons (Fsp3) is 0.333. The van der Waals surface area contributed by atoms with Crippen molar-refractivity contribution in [3.63, 3.8) is 0 Å². The summed E-state index contributed by atoms with van der Waals surface area (Å²) in [7, 11) is 1.54. The Bertz CT molecular complexity index is 1340. The summed E-state index contributed by atoms with van der Waals surface area (Å²) in [6, 6.07) is 16.3. The second-order valence-electron chi connectivity index (χ2n) is 10.8. The topological polar surface area (TPSA) is 58.9 Å². The molecule has 0 heterocycles. The van der Waals surface area contributed by atoms with Gasteiger partial charge in [0, 0.05) is 16.9 Å². The summed E-state index contributed by atoms with van der Waals surface area (Å²) in [5, 5.41) is 21.3. The van der Waals surface area contributed by atoms with Crippen molar-refractivity contribution in [2.24, 2.45) is 11.3 Å². The van der Waals surface area contributed by atoms with Crippen molar-refractivity contribution in [2.75, 3.05) is 7.11 Å². The van der Waals surface area contributed by atoms with Crippen LogP contribution in [0, 0.1) is 17.2 Å². The first-order chi connectivity index (χ1) is 18.1. The van der Waals surface area contributed by atoms with Gasteiger partial charge in [0.05, 0.1) is 19.0 Å². The zero-order chi connectivity index (χ0) is 27.6. The van der Waals surface area contributed by atoms with Crippen molar-refractivity contribution >= 4 is 0 Å². The summed E-state index contributed by atoms with van der Waals surface area (Å²) in [4.78, 5) is 0. The van der Waals surface area contributed by atoms with Gasteiger partial charge in [-0.15, -0.1) is 6.58 Å². The zero-order valence-electron chi connectivity index (χ0n) is 22.6. The van der Waals surface area contributed by atoms with Gasteiger partial charge in [-0.05, 0) is 83.0 Å². The largest absolute Gasteiger partial charge is 0.513 e. The molecule has 3 atom stereocenters. The molecule has 0 fully saturated rings. The molecule has 3 aromatic carbocycles. The molecule has 38 heavy (non-hydrogen) atoms. The lowest BCUT2D eigenvalue weighted by atomic mass is 9.79. The van der Waals surface area contributed by atoms with Crippen LogP contribution in [0.15, 0.2) is 79.6 Å². The maximum Gasteiger partial charge on any atom is 0.131 e. The SMILES string of the molecule is C=CC(C)(C)[C@H](O)c1cc(COc2ccc3c(c2)[C@H]([C@H](C)C(=C)O)CC3)ccc1-c1cc(OC)ccc1F. The van der Waals surface area contributed by atoms with Crippen molar-refractivity contribution in [1.82, 2.24) is 0 Å². The Balaban J connectivity index is 1.65. The van der Waals surface area contributed by atoms with Gasteiger partial charge in [-0.25, -0.2) is 4.39 Å². The third kappa shape index (κ3) is 5.48. The fourth-order valence-electron chi connectivity index (χ4n) is 5.14. The minimum absolute atomic E-state index is 0.0201. The number of aryl methyl sites for hydroxylation is 1. The summed E-state index contributed by atoms with van der Waals surface area (Å²) in [6.07, 6.45) is 2.73. The van der Waals surface area contributed by atoms with Gasteiger partial charge in [0.2, 0.25) is 0 Å². The number of aliphatic hydroxyl groups is 2. The standard InChI is InChI=1S/C33H37FO4/c1-7-33(4,5)32(36)30-16-22(8-13-27(30)29-17-24(37-6)12-15-31(29)34)19-38-25-11-9-23-10-14-26(28(23)18-25)20(2)21(3)35/h7-9,11-13,15-18,20,26,32,35-36H,1,3,10,14,19H2,2,4-6H3/t20-,26+,32-/m1/s1. The van der Waals surface area contributed by atoms with Gasteiger partial charge in [0.1, 0.15) is 23.9 Å². The molecule has 0 bridgehead atoms. The lowest BCUT2D eigenvalue weighted by Crippen LogP contribution is -2.20. The second kappa shape index (κ2) is 11.0. The maximum atomic E-state index is 14.9. The Kier molecular flexibility index (Phi) is 7.98. The number of rotatable bonds is 10. The van der Waals surface area contributed by atoms with Crippen molar-refractivity contribution in [3.8, 4) is 22.6 Å². The molecule has 0 aromatic heterocycles. The van der Waals surface area contributed by atoms with Crippen LogP contribution in [0.3, 0.4) is 0 Å². The van der Waals surface area contributed by atoms with Gasteiger partial charge in [0.25, 0.3) is 0 Å². The van der Waals surface area contributed by atoms with E-state index in [0.717, 1.165) is 24.2 Å². The Morgan fingerprint density at radius 1 is 1.11 bits per heavy atom. The van der Waals surface area contributed by atoms with Gasteiger partial charge in [-0.2, -0.15) is 0 Å². The third-order valence-electron chi connectivity index (χ3n) is 7.88. The molecule has 2 N–H and O–H groups in total. The summed E-state index contributed by atoms with van der Waals surface area (Å²) >= 11 is 0. The number of halogens is 1. The van der Waals surface area contributed by atoms with E-state index in [1.165, 1.54) is 24.3 Å². The van der Waals surface area contributed by atoms with Gasteiger partial charge < -0.3 is 19.7 Å². The summed E-state index contributed by atoms with van der Waals surface area (Å²) in [5.74, 6) is 1.27. The highest BCUT2D eigenvalue weighted by atomic mass is 19.1. The zero-order valence-corrected chi connectivity index (χ0v) is 22.6. The highest BCUT2D eigenvalue weighted by Gasteiger charge is 2.30. The summed E-state index contributed by atoms with van der Waals surface area (Å²) < 4.78 is 26.4. The molecule has 200 valence electrons. The predicted octanol–water partition coefficient (Wildman–Crippen LogP) is 8.06. The molecule has 0 radical (unpaired) electrons. The molecule has 4 rings (SSSR count). The van der Waals surface area contributed by atoms with E-state index in [9.17, 15) is 14.6 Å². The van der Waals surface area contributed by atoms with E-state index in [0.29, 0.717) is 22.4 Å². The van der Waals surface area contributed by atoms with Crippen molar-refractivity contribution in [3.05, 3.63) is 108 Å². The molecule has 3 aromatic rings. The summed E-state index contributed by atoms with van der Waals surface area (Å²) in [5.41, 5.74) is 4.20. The number of allylic oxidation sites excluding steroid dienone is 1. The van der Waals surface area contributed by atoms with Gasteiger partial charge in [-0.1, -0.05) is 51.6 Å². The molecule has 1 aliphatic rings. The number of aliphatic hydroxyl groups excluding tert-OH is 2. The van der Waals surface area contributed by atoms with Crippen LogP contribution in [0.25, 0.3) is 11.1 Å². The van der Waals surface area contributed by atoms with E-state index in [1.807, 2.05) is 45.0 Å². The van der Waals surface area contributed by atoms with Gasteiger partial charge in [-0.3, -0.25) is 0 Å². The van der Waals surface area contributed by atoms with Crippen LogP contribution in [0.4, 0.5) is 4.39 Å². The average molecular weight is 517 g/mol. The molecule has 4 nitrogen and oxygen atoms in total. The van der Waals surface area contributed by atoms with Crippen LogP contribution in [0.2, 0.25) is 0 Å². The van der Waals surface area contributed by atoms with Crippen LogP contribution in [-0.2, 0) is 13.0 Å². The lowest BCUT2D eigenvalue weighted by molar-refractivity contribution is 0.0825. The van der Waals surface area contributed by atoms with Crippen molar-refractivity contribution < 1.29 is 24.1 Å². The quantitative estimate of drug-likeness (QED) is 0.211. The highest BCUT2D eigenvalue weighted by Crippen LogP contribution is 2.43. The van der Waals surface area contributed by atoms with E-state index in [1.54, 1.807) is 18.2 Å². The van der Waals surface area contributed by atoms with Crippen LogP contribution >= 0.6 is 0 Å². The molecule has 5 heteroatoms. The molecule has 0 saturated heterocycles.